The molecule has 2 heterocycles. The van der Waals surface area contributed by atoms with Gasteiger partial charge in [0.05, 0.1) is 23.8 Å². The maximum Gasteiger partial charge on any atom is 0.240 e. The molecule has 24 heavy (non-hydrogen) atoms. The summed E-state index contributed by atoms with van der Waals surface area (Å²) in [5, 5.41) is 0. The third-order valence-corrected chi connectivity index (χ3v) is 5.77. The van der Waals surface area contributed by atoms with Gasteiger partial charge in [-0.1, -0.05) is 0 Å². The Labute approximate surface area is 142 Å². The van der Waals surface area contributed by atoms with Crippen molar-refractivity contribution in [2.24, 2.45) is 0 Å². The van der Waals surface area contributed by atoms with Crippen molar-refractivity contribution >= 4 is 21.6 Å². The number of nitrogens with zero attached hydrogens (tertiary/aromatic N) is 1. The van der Waals surface area contributed by atoms with Crippen molar-refractivity contribution in [2.75, 3.05) is 31.7 Å². The van der Waals surface area contributed by atoms with Gasteiger partial charge in [0.1, 0.15) is 5.75 Å². The van der Waals surface area contributed by atoms with Gasteiger partial charge < -0.3 is 14.4 Å². The zero-order valence-corrected chi connectivity index (χ0v) is 14.5. The molecular weight excluding hydrogens is 332 g/mol. The van der Waals surface area contributed by atoms with Gasteiger partial charge in [0, 0.05) is 26.1 Å². The van der Waals surface area contributed by atoms with E-state index in [0.717, 1.165) is 19.3 Å². The molecule has 1 aromatic rings. The van der Waals surface area contributed by atoms with Crippen LogP contribution in [0.4, 0.5) is 5.69 Å². The van der Waals surface area contributed by atoms with Crippen molar-refractivity contribution in [2.45, 2.75) is 36.7 Å². The van der Waals surface area contributed by atoms with Crippen LogP contribution in [0.15, 0.2) is 23.1 Å². The molecule has 132 valence electrons. The third kappa shape index (κ3) is 3.55. The molecule has 0 radical (unpaired) electrons. The topological polar surface area (TPSA) is 84.9 Å². The summed E-state index contributed by atoms with van der Waals surface area (Å²) in [4.78, 5) is 13.7. The maximum absolute atomic E-state index is 12.5. The molecule has 0 saturated carbocycles. The maximum atomic E-state index is 12.5. The van der Waals surface area contributed by atoms with Crippen LogP contribution in [0, 0.1) is 0 Å². The van der Waals surface area contributed by atoms with E-state index < -0.39 is 10.0 Å². The van der Waals surface area contributed by atoms with Crippen molar-refractivity contribution in [3.63, 3.8) is 0 Å². The zero-order valence-electron chi connectivity index (χ0n) is 13.7. The molecular formula is C16H22N2O5S. The van der Waals surface area contributed by atoms with Crippen LogP contribution in [0.3, 0.4) is 0 Å². The molecule has 1 N–H and O–H groups in total. The number of anilines is 1. The molecule has 2 saturated heterocycles. The highest BCUT2D eigenvalue weighted by atomic mass is 32.2. The molecule has 0 unspecified atom stereocenters. The summed E-state index contributed by atoms with van der Waals surface area (Å²) in [6.07, 6.45) is 2.97. The van der Waals surface area contributed by atoms with Crippen molar-refractivity contribution < 1.29 is 22.7 Å². The first-order chi connectivity index (χ1) is 11.5. The smallest absolute Gasteiger partial charge is 0.240 e. The lowest BCUT2D eigenvalue weighted by molar-refractivity contribution is -0.117. The molecule has 0 aromatic heterocycles. The molecule has 8 heteroatoms. The van der Waals surface area contributed by atoms with Gasteiger partial charge in [-0.2, -0.15) is 0 Å². The largest absolute Gasteiger partial charge is 0.495 e. The minimum atomic E-state index is -3.67. The molecule has 2 aliphatic heterocycles. The van der Waals surface area contributed by atoms with E-state index in [4.69, 9.17) is 9.47 Å². The van der Waals surface area contributed by atoms with Crippen LogP contribution in [0.1, 0.15) is 25.7 Å². The highest BCUT2D eigenvalue weighted by Crippen LogP contribution is 2.33. The second-order valence-electron chi connectivity index (χ2n) is 5.97. The van der Waals surface area contributed by atoms with Crippen LogP contribution in [0.5, 0.6) is 5.75 Å². The summed E-state index contributed by atoms with van der Waals surface area (Å²) >= 11 is 0. The van der Waals surface area contributed by atoms with Crippen LogP contribution in [-0.2, 0) is 19.6 Å². The average Bonchev–Trinajstić information content (AvgIpc) is 3.24. The Morgan fingerprint density at radius 3 is 2.83 bits per heavy atom. The normalized spacial score (nSPS) is 21.5. The highest BCUT2D eigenvalue weighted by molar-refractivity contribution is 7.89. The van der Waals surface area contributed by atoms with Crippen molar-refractivity contribution in [3.05, 3.63) is 18.2 Å². The zero-order chi connectivity index (χ0) is 17.2. The summed E-state index contributed by atoms with van der Waals surface area (Å²) in [6.45, 7) is 1.50. The van der Waals surface area contributed by atoms with Gasteiger partial charge >= 0.3 is 0 Å². The van der Waals surface area contributed by atoms with E-state index in [9.17, 15) is 13.2 Å². The van der Waals surface area contributed by atoms with E-state index in [2.05, 4.69) is 4.72 Å². The van der Waals surface area contributed by atoms with Crippen LogP contribution < -0.4 is 14.4 Å². The average molecular weight is 354 g/mol. The fourth-order valence-corrected chi connectivity index (χ4v) is 4.13. The molecule has 3 rings (SSSR count). The Balaban J connectivity index is 1.83. The summed E-state index contributed by atoms with van der Waals surface area (Å²) in [5.41, 5.74) is 0.500. The van der Waals surface area contributed by atoms with Crippen LogP contribution in [-0.4, -0.2) is 47.2 Å². The van der Waals surface area contributed by atoms with Gasteiger partial charge in [0.25, 0.3) is 0 Å². The Hall–Kier alpha value is -1.64. The van der Waals surface area contributed by atoms with Crippen LogP contribution >= 0.6 is 0 Å². The SMILES string of the molecule is COc1ccc(S(=O)(=O)NC[C@@H]2CCCO2)cc1N1CCCC1=O. The van der Waals surface area contributed by atoms with E-state index in [0.29, 0.717) is 31.0 Å². The number of methoxy groups -OCH3 is 1. The van der Waals surface area contributed by atoms with Gasteiger partial charge in [-0.3, -0.25) is 4.79 Å². The van der Waals surface area contributed by atoms with Gasteiger partial charge in [-0.25, -0.2) is 13.1 Å². The van der Waals surface area contributed by atoms with Crippen LogP contribution in [0.25, 0.3) is 0 Å². The molecule has 2 fully saturated rings. The van der Waals surface area contributed by atoms with Gasteiger partial charge in [0.2, 0.25) is 15.9 Å². The molecule has 0 spiro atoms. The molecule has 2 aliphatic rings. The van der Waals surface area contributed by atoms with Crippen molar-refractivity contribution in [1.29, 1.82) is 0 Å². The highest BCUT2D eigenvalue weighted by Gasteiger charge is 2.27. The predicted molar refractivity (Wildman–Crippen MR) is 88.7 cm³/mol. The number of hydrogen-bond acceptors (Lipinski definition) is 5. The molecule has 0 aliphatic carbocycles. The lowest BCUT2D eigenvalue weighted by atomic mass is 10.2. The number of ether oxygens (including phenoxy) is 2. The second-order valence-corrected chi connectivity index (χ2v) is 7.74. The van der Waals surface area contributed by atoms with Gasteiger partial charge in [-0.15, -0.1) is 0 Å². The quantitative estimate of drug-likeness (QED) is 0.832. The molecule has 1 amide bonds. The molecule has 1 atom stereocenters. The first-order valence-corrected chi connectivity index (χ1v) is 9.59. The summed E-state index contributed by atoms with van der Waals surface area (Å²) < 4.78 is 38.4. The van der Waals surface area contributed by atoms with E-state index in [1.54, 1.807) is 11.0 Å². The number of hydrogen-bond donors (Lipinski definition) is 1. The van der Waals surface area contributed by atoms with Gasteiger partial charge in [0.15, 0.2) is 0 Å². The Morgan fingerprint density at radius 1 is 1.38 bits per heavy atom. The second kappa shape index (κ2) is 7.08. The Bertz CT molecular complexity index is 713. The fourth-order valence-electron chi connectivity index (χ4n) is 3.04. The lowest BCUT2D eigenvalue weighted by Gasteiger charge is -2.20. The van der Waals surface area contributed by atoms with Gasteiger partial charge in [-0.05, 0) is 37.5 Å². The minimum Gasteiger partial charge on any atom is -0.495 e. The number of amides is 1. The summed E-state index contributed by atoms with van der Waals surface area (Å²) in [6, 6.07) is 4.57. The van der Waals surface area contributed by atoms with Crippen LogP contribution in [0.2, 0.25) is 0 Å². The van der Waals surface area contributed by atoms with E-state index in [1.165, 1.54) is 19.2 Å². The minimum absolute atomic E-state index is 0.0184. The predicted octanol–water partition coefficient (Wildman–Crippen LogP) is 1.28. The summed E-state index contributed by atoms with van der Waals surface area (Å²) in [7, 11) is -2.16. The summed E-state index contributed by atoms with van der Waals surface area (Å²) in [5.74, 6) is 0.471. The van der Waals surface area contributed by atoms with Crippen molar-refractivity contribution in [3.8, 4) is 5.75 Å². The standard InChI is InChI=1S/C16H22N2O5S/c1-22-15-7-6-13(10-14(15)18-8-2-5-16(18)19)24(20,21)17-11-12-4-3-9-23-12/h6-7,10,12,17H,2-5,8-9,11H2,1H3/t12-/m0/s1. The van der Waals surface area contributed by atoms with E-state index in [-0.39, 0.29) is 23.5 Å². The monoisotopic (exact) mass is 354 g/mol. The number of rotatable bonds is 6. The lowest BCUT2D eigenvalue weighted by Crippen LogP contribution is -2.32. The van der Waals surface area contributed by atoms with Crippen molar-refractivity contribution in [1.82, 2.24) is 4.72 Å². The number of benzene rings is 1. The third-order valence-electron chi connectivity index (χ3n) is 4.35. The fraction of sp³-hybridized carbons (Fsp3) is 0.562. The first kappa shape index (κ1) is 17.2. The Morgan fingerprint density at radius 2 is 2.21 bits per heavy atom. The van der Waals surface area contributed by atoms with E-state index >= 15 is 0 Å². The van der Waals surface area contributed by atoms with E-state index in [1.807, 2.05) is 0 Å². The molecule has 1 aromatic carbocycles. The molecule has 7 nitrogen and oxygen atoms in total. The Kier molecular flexibility index (Phi) is 5.07. The number of sulfonamides is 1. The first-order valence-electron chi connectivity index (χ1n) is 8.11. The number of nitrogens with one attached hydrogen (secondary N) is 1. The number of carbonyl (C=O) groups is 1. The number of carbonyl (C=O) groups excluding carboxylic acids is 1. The molecule has 0 bridgehead atoms.